The highest BCUT2D eigenvalue weighted by Crippen LogP contribution is 2.22. The molecule has 0 radical (unpaired) electrons. The van der Waals surface area contributed by atoms with Crippen LogP contribution < -0.4 is 21.9 Å². The summed E-state index contributed by atoms with van der Waals surface area (Å²) in [5, 5.41) is 4.30. The molecule has 0 fully saturated rings. The van der Waals surface area contributed by atoms with Crippen LogP contribution in [0, 0.1) is 5.82 Å². The molecule has 9 nitrogen and oxygen atoms in total. The molecule has 0 aliphatic heterocycles. The van der Waals surface area contributed by atoms with Crippen molar-refractivity contribution in [1.82, 2.24) is 19.3 Å². The predicted octanol–water partition coefficient (Wildman–Crippen LogP) is 3.09. The van der Waals surface area contributed by atoms with Crippen LogP contribution in [0.4, 0.5) is 15.9 Å². The van der Waals surface area contributed by atoms with E-state index in [1.807, 2.05) is 37.3 Å². The van der Waals surface area contributed by atoms with Gasteiger partial charge in [-0.05, 0) is 36.2 Å². The number of H-pyrrole nitrogens is 1. The van der Waals surface area contributed by atoms with Crippen LogP contribution in [-0.2, 0) is 13.1 Å². The minimum Gasteiger partial charge on any atom is -0.383 e. The van der Waals surface area contributed by atoms with Crippen molar-refractivity contribution < 1.29 is 9.18 Å². The molecule has 0 atom stereocenters. The molecule has 4 aromatic rings. The fourth-order valence-electron chi connectivity index (χ4n) is 3.73. The molecule has 0 saturated carbocycles. The zero-order valence-electron chi connectivity index (χ0n) is 19.1. The van der Waals surface area contributed by atoms with Crippen molar-refractivity contribution in [2.75, 3.05) is 10.6 Å². The van der Waals surface area contributed by atoms with Gasteiger partial charge in [0.2, 0.25) is 0 Å². The largest absolute Gasteiger partial charge is 0.383 e. The second-order valence-electron chi connectivity index (χ2n) is 8.00. The van der Waals surface area contributed by atoms with Gasteiger partial charge in [-0.15, -0.1) is 0 Å². The van der Waals surface area contributed by atoms with Crippen LogP contribution >= 0.6 is 0 Å². The van der Waals surface area contributed by atoms with Gasteiger partial charge in [0.1, 0.15) is 11.6 Å². The van der Waals surface area contributed by atoms with Crippen molar-refractivity contribution in [3.05, 3.63) is 105 Å². The quantitative estimate of drug-likeness (QED) is 0.405. The summed E-state index contributed by atoms with van der Waals surface area (Å²) in [6.45, 7) is 2.28. The summed E-state index contributed by atoms with van der Waals surface area (Å²) in [4.78, 5) is 42.5. The number of nitrogens with one attached hydrogen (secondary N) is 1. The third kappa shape index (κ3) is 5.06. The summed E-state index contributed by atoms with van der Waals surface area (Å²) in [7, 11) is 0. The van der Waals surface area contributed by atoms with Crippen molar-refractivity contribution in [1.29, 1.82) is 0 Å². The fraction of sp³-hybridized carbons (Fsp3) is 0.200. The lowest BCUT2D eigenvalue weighted by Crippen LogP contribution is -2.41. The number of nitrogen functional groups attached to an aromatic ring is 1. The number of rotatable bonds is 8. The monoisotopic (exact) mass is 476 g/mol. The summed E-state index contributed by atoms with van der Waals surface area (Å²) in [5.41, 5.74) is 5.96. The first kappa shape index (κ1) is 23.7. The van der Waals surface area contributed by atoms with Crippen LogP contribution in [0.25, 0.3) is 5.69 Å². The first-order valence-electron chi connectivity index (χ1n) is 11.2. The molecule has 2 aromatic carbocycles. The lowest BCUT2D eigenvalue weighted by molar-refractivity contribution is 0.0979. The number of carbonyl (C=O) groups excluding carboxylic acids is 1. The summed E-state index contributed by atoms with van der Waals surface area (Å²) in [6, 6.07) is 16.3. The number of benzene rings is 2. The van der Waals surface area contributed by atoms with Gasteiger partial charge >= 0.3 is 5.69 Å². The molecule has 0 aliphatic carbocycles. The second-order valence-corrected chi connectivity index (χ2v) is 8.00. The second kappa shape index (κ2) is 10.2. The third-order valence-electron chi connectivity index (χ3n) is 5.53. The van der Waals surface area contributed by atoms with E-state index in [1.54, 1.807) is 6.07 Å². The number of amides is 1. The molecule has 0 spiro atoms. The van der Waals surface area contributed by atoms with E-state index in [1.165, 1.54) is 44.6 Å². The minimum absolute atomic E-state index is 0.0196. The smallest absolute Gasteiger partial charge is 0.330 e. The number of hydrogen-bond donors (Lipinski definition) is 2. The summed E-state index contributed by atoms with van der Waals surface area (Å²) in [6.07, 6.45) is 3.00. The highest BCUT2D eigenvalue weighted by atomic mass is 19.1. The first-order chi connectivity index (χ1) is 16.9. The zero-order chi connectivity index (χ0) is 24.9. The maximum absolute atomic E-state index is 13.7. The molecule has 0 unspecified atom stereocenters. The normalized spacial score (nSPS) is 10.9. The summed E-state index contributed by atoms with van der Waals surface area (Å²) in [5.74, 6) is -1.13. The fourth-order valence-corrected chi connectivity index (χ4v) is 3.73. The molecular formula is C25H25FN6O3. The van der Waals surface area contributed by atoms with Crippen LogP contribution in [0.1, 0.15) is 35.8 Å². The van der Waals surface area contributed by atoms with Crippen LogP contribution in [-0.4, -0.2) is 25.2 Å². The van der Waals surface area contributed by atoms with E-state index < -0.39 is 23.0 Å². The average molecular weight is 477 g/mol. The molecule has 2 aromatic heterocycles. The number of unbranched alkanes of at least 4 members (excludes halogenated alkanes) is 1. The lowest BCUT2D eigenvalue weighted by Gasteiger charge is -2.24. The third-order valence-corrected chi connectivity index (χ3v) is 5.53. The molecule has 10 heteroatoms. The number of hydrogen-bond acceptors (Lipinski definition) is 5. The van der Waals surface area contributed by atoms with E-state index in [4.69, 9.17) is 5.73 Å². The van der Waals surface area contributed by atoms with Crippen molar-refractivity contribution in [3.63, 3.8) is 0 Å². The Morgan fingerprint density at radius 2 is 1.89 bits per heavy atom. The lowest BCUT2D eigenvalue weighted by atomic mass is 10.2. The molecule has 0 bridgehead atoms. The van der Waals surface area contributed by atoms with E-state index in [2.05, 4.69) is 10.1 Å². The topological polar surface area (TPSA) is 119 Å². The van der Waals surface area contributed by atoms with Gasteiger partial charge in [-0.25, -0.2) is 13.9 Å². The Morgan fingerprint density at radius 1 is 1.11 bits per heavy atom. The zero-order valence-corrected chi connectivity index (χ0v) is 19.1. The average Bonchev–Trinajstić information content (AvgIpc) is 3.34. The predicted molar refractivity (Wildman–Crippen MR) is 131 cm³/mol. The number of anilines is 2. The number of nitrogens with two attached hydrogens (primary N) is 1. The first-order valence-corrected chi connectivity index (χ1v) is 11.2. The standard InChI is InChI=1S/C25H25FN6O3/c1-2-3-13-30-22(27)21(23(33)28-25(30)35)31(16-17-8-5-4-6-9-17)24(34)20-12-14-32(29-20)19-11-7-10-18(26)15-19/h4-12,14-15H,2-3,13,16,27H2,1H3,(H,28,33,35). The van der Waals surface area contributed by atoms with Crippen molar-refractivity contribution in [2.24, 2.45) is 0 Å². The van der Waals surface area contributed by atoms with E-state index in [-0.39, 0.29) is 23.7 Å². The van der Waals surface area contributed by atoms with Crippen LogP contribution in [0.15, 0.2) is 76.4 Å². The number of aromatic amines is 1. The Hall–Kier alpha value is -4.47. The Bertz CT molecular complexity index is 1460. The Kier molecular flexibility index (Phi) is 6.91. The SMILES string of the molecule is CCCCn1c(N)c(N(Cc2ccccc2)C(=O)c2ccn(-c3cccc(F)c3)n2)c(=O)[nH]c1=O. The molecule has 4 rings (SSSR count). The Labute approximate surface area is 200 Å². The maximum Gasteiger partial charge on any atom is 0.330 e. The van der Waals surface area contributed by atoms with E-state index >= 15 is 0 Å². The molecule has 3 N–H and O–H groups in total. The molecule has 0 saturated heterocycles. The van der Waals surface area contributed by atoms with E-state index in [0.29, 0.717) is 18.7 Å². The van der Waals surface area contributed by atoms with Crippen molar-refractivity contribution in [2.45, 2.75) is 32.9 Å². The Balaban J connectivity index is 1.80. The van der Waals surface area contributed by atoms with Crippen molar-refractivity contribution >= 4 is 17.4 Å². The summed E-state index contributed by atoms with van der Waals surface area (Å²) < 4.78 is 16.3. The maximum atomic E-state index is 13.7. The van der Waals surface area contributed by atoms with Crippen LogP contribution in [0.5, 0.6) is 0 Å². The van der Waals surface area contributed by atoms with Crippen molar-refractivity contribution in [3.8, 4) is 5.69 Å². The minimum atomic E-state index is -0.769. The molecular weight excluding hydrogens is 451 g/mol. The Morgan fingerprint density at radius 3 is 2.60 bits per heavy atom. The van der Waals surface area contributed by atoms with E-state index in [9.17, 15) is 18.8 Å². The molecule has 0 aliphatic rings. The van der Waals surface area contributed by atoms with Crippen LogP contribution in [0.2, 0.25) is 0 Å². The molecule has 1 amide bonds. The van der Waals surface area contributed by atoms with Gasteiger partial charge in [0.25, 0.3) is 11.5 Å². The highest BCUT2D eigenvalue weighted by molar-refractivity contribution is 6.05. The molecule has 35 heavy (non-hydrogen) atoms. The number of nitrogens with zero attached hydrogens (tertiary/aromatic N) is 4. The van der Waals surface area contributed by atoms with Gasteiger partial charge in [0.05, 0.1) is 12.2 Å². The van der Waals surface area contributed by atoms with Crippen LogP contribution in [0.3, 0.4) is 0 Å². The number of carbonyl (C=O) groups is 1. The number of halogens is 1. The summed E-state index contributed by atoms with van der Waals surface area (Å²) >= 11 is 0. The van der Waals surface area contributed by atoms with Gasteiger partial charge in [0, 0.05) is 12.7 Å². The molecule has 180 valence electrons. The van der Waals surface area contributed by atoms with Gasteiger partial charge in [-0.2, -0.15) is 5.10 Å². The van der Waals surface area contributed by atoms with E-state index in [0.717, 1.165) is 12.0 Å². The highest BCUT2D eigenvalue weighted by Gasteiger charge is 2.27. The van der Waals surface area contributed by atoms with Gasteiger partial charge in [0.15, 0.2) is 11.4 Å². The van der Waals surface area contributed by atoms with Gasteiger partial charge < -0.3 is 5.73 Å². The van der Waals surface area contributed by atoms with Gasteiger partial charge in [-0.1, -0.05) is 49.7 Å². The van der Waals surface area contributed by atoms with Gasteiger partial charge in [-0.3, -0.25) is 24.0 Å². The molecule has 2 heterocycles. The number of aromatic nitrogens is 4.